The van der Waals surface area contributed by atoms with Gasteiger partial charge in [-0.25, -0.2) is 4.39 Å². The lowest BCUT2D eigenvalue weighted by molar-refractivity contribution is -0.0166. The third-order valence-electron chi connectivity index (χ3n) is 1.94. The van der Waals surface area contributed by atoms with Crippen LogP contribution in [-0.4, -0.2) is 18.8 Å². The van der Waals surface area contributed by atoms with Gasteiger partial charge in [0.25, 0.3) is 0 Å². The first-order valence-electron chi connectivity index (χ1n) is 5.39. The number of benzene rings is 1. The van der Waals surface area contributed by atoms with Gasteiger partial charge in [0.15, 0.2) is 11.6 Å². The first-order chi connectivity index (χ1) is 7.92. The Kier molecular flexibility index (Phi) is 4.47. The summed E-state index contributed by atoms with van der Waals surface area (Å²) in [5.41, 5.74) is 0.0489. The van der Waals surface area contributed by atoms with Crippen molar-refractivity contribution < 1.29 is 13.9 Å². The fraction of sp³-hybridized carbons (Fsp3) is 0.462. The van der Waals surface area contributed by atoms with E-state index in [-0.39, 0.29) is 23.5 Å². The summed E-state index contributed by atoms with van der Waals surface area (Å²) in [6, 6.07) is 5.98. The summed E-state index contributed by atoms with van der Waals surface area (Å²) in [4.78, 5) is 0. The molecule has 0 saturated carbocycles. The van der Waals surface area contributed by atoms with E-state index in [4.69, 9.17) is 14.7 Å². The number of nitrogens with zero attached hydrogens (tertiary/aromatic N) is 1. The summed E-state index contributed by atoms with van der Waals surface area (Å²) in [7, 11) is 0. The van der Waals surface area contributed by atoms with Gasteiger partial charge in [0, 0.05) is 0 Å². The topological polar surface area (TPSA) is 42.2 Å². The molecule has 0 aliphatic rings. The third-order valence-corrected chi connectivity index (χ3v) is 1.94. The van der Waals surface area contributed by atoms with E-state index in [0.29, 0.717) is 6.61 Å². The van der Waals surface area contributed by atoms with Gasteiger partial charge >= 0.3 is 0 Å². The van der Waals surface area contributed by atoms with E-state index in [1.54, 1.807) is 0 Å². The molecule has 1 aromatic carbocycles. The second-order valence-corrected chi connectivity index (χ2v) is 4.57. The second kappa shape index (κ2) is 5.65. The number of hydrogen-bond acceptors (Lipinski definition) is 3. The maximum atomic E-state index is 13.4. The smallest absolute Gasteiger partial charge is 0.166 e. The van der Waals surface area contributed by atoms with Crippen LogP contribution in [0.15, 0.2) is 18.2 Å². The van der Waals surface area contributed by atoms with E-state index >= 15 is 0 Å². The van der Waals surface area contributed by atoms with Crippen LogP contribution >= 0.6 is 0 Å². The van der Waals surface area contributed by atoms with Crippen molar-refractivity contribution in [1.82, 2.24) is 0 Å². The summed E-state index contributed by atoms with van der Waals surface area (Å²) in [5.74, 6) is -0.388. The second-order valence-electron chi connectivity index (χ2n) is 4.57. The predicted octanol–water partition coefficient (Wildman–Crippen LogP) is 2.89. The Morgan fingerprint density at radius 2 is 2.00 bits per heavy atom. The summed E-state index contributed by atoms with van der Waals surface area (Å²) in [5, 5.41) is 8.58. The number of hydrogen-bond donors (Lipinski definition) is 0. The lowest BCUT2D eigenvalue weighted by Gasteiger charge is -2.19. The highest BCUT2D eigenvalue weighted by molar-refractivity contribution is 5.35. The maximum Gasteiger partial charge on any atom is 0.166 e. The van der Waals surface area contributed by atoms with Crippen molar-refractivity contribution in [3.63, 3.8) is 0 Å². The van der Waals surface area contributed by atoms with Crippen LogP contribution in [0.1, 0.15) is 26.3 Å². The monoisotopic (exact) mass is 237 g/mol. The van der Waals surface area contributed by atoms with Crippen LogP contribution in [-0.2, 0) is 4.74 Å². The lowest BCUT2D eigenvalue weighted by Crippen LogP contribution is -2.22. The molecule has 0 aliphatic heterocycles. The van der Waals surface area contributed by atoms with Crippen LogP contribution in [0, 0.1) is 17.1 Å². The molecular weight excluding hydrogens is 221 g/mol. The molecule has 0 radical (unpaired) electrons. The van der Waals surface area contributed by atoms with Gasteiger partial charge in [0.05, 0.1) is 23.8 Å². The molecule has 1 aromatic rings. The van der Waals surface area contributed by atoms with Crippen LogP contribution in [0.2, 0.25) is 0 Å². The summed E-state index contributed by atoms with van der Waals surface area (Å²) < 4.78 is 24.0. The van der Waals surface area contributed by atoms with Gasteiger partial charge in [-0.3, -0.25) is 0 Å². The molecule has 0 aromatic heterocycles. The SMILES string of the molecule is CC(C)(C)OCCOc1ccc(C#N)cc1F. The van der Waals surface area contributed by atoms with Crippen molar-refractivity contribution in [2.75, 3.05) is 13.2 Å². The number of ether oxygens (including phenoxy) is 2. The average molecular weight is 237 g/mol. The van der Waals surface area contributed by atoms with Gasteiger partial charge in [-0.15, -0.1) is 0 Å². The van der Waals surface area contributed by atoms with Crippen molar-refractivity contribution in [2.45, 2.75) is 26.4 Å². The van der Waals surface area contributed by atoms with Gasteiger partial charge in [0.2, 0.25) is 0 Å². The van der Waals surface area contributed by atoms with E-state index in [1.807, 2.05) is 26.8 Å². The predicted molar refractivity (Wildman–Crippen MR) is 62.3 cm³/mol. The first-order valence-corrected chi connectivity index (χ1v) is 5.39. The van der Waals surface area contributed by atoms with Crippen molar-refractivity contribution >= 4 is 0 Å². The first kappa shape index (κ1) is 13.5. The maximum absolute atomic E-state index is 13.4. The van der Waals surface area contributed by atoms with Crippen molar-refractivity contribution in [3.8, 4) is 11.8 Å². The molecule has 0 bridgehead atoms. The van der Waals surface area contributed by atoms with Crippen LogP contribution in [0.4, 0.5) is 4.39 Å². The Labute approximate surface area is 101 Å². The van der Waals surface area contributed by atoms with Crippen molar-refractivity contribution in [1.29, 1.82) is 5.26 Å². The molecular formula is C13H16FNO2. The molecule has 0 N–H and O–H groups in total. The number of nitriles is 1. The van der Waals surface area contributed by atoms with Crippen LogP contribution in [0.25, 0.3) is 0 Å². The largest absolute Gasteiger partial charge is 0.488 e. The van der Waals surface area contributed by atoms with Gasteiger partial charge in [0.1, 0.15) is 6.61 Å². The average Bonchev–Trinajstić information content (AvgIpc) is 2.24. The normalized spacial score (nSPS) is 11.0. The van der Waals surface area contributed by atoms with E-state index < -0.39 is 5.82 Å². The Morgan fingerprint density at radius 1 is 1.29 bits per heavy atom. The molecule has 0 unspecified atom stereocenters. The van der Waals surface area contributed by atoms with Crippen LogP contribution in [0.5, 0.6) is 5.75 Å². The van der Waals surface area contributed by atoms with E-state index in [9.17, 15) is 4.39 Å². The molecule has 0 aliphatic carbocycles. The summed E-state index contributed by atoms with van der Waals surface area (Å²) in [6.07, 6.45) is 0. The molecule has 0 amide bonds. The molecule has 0 atom stereocenters. The number of rotatable bonds is 4. The highest BCUT2D eigenvalue weighted by Gasteiger charge is 2.10. The quantitative estimate of drug-likeness (QED) is 0.756. The van der Waals surface area contributed by atoms with Crippen LogP contribution < -0.4 is 4.74 Å². The third kappa shape index (κ3) is 4.83. The Balaban J connectivity index is 2.45. The minimum Gasteiger partial charge on any atom is -0.488 e. The standard InChI is InChI=1S/C13H16FNO2/c1-13(2,3)17-7-6-16-12-5-4-10(9-15)8-11(12)14/h4-5,8H,6-7H2,1-3H3. The lowest BCUT2D eigenvalue weighted by atomic mass is 10.2. The van der Waals surface area contributed by atoms with Gasteiger partial charge < -0.3 is 9.47 Å². The molecule has 17 heavy (non-hydrogen) atoms. The zero-order valence-electron chi connectivity index (χ0n) is 10.3. The molecule has 92 valence electrons. The number of halogens is 1. The Bertz CT molecular complexity index is 418. The van der Waals surface area contributed by atoms with E-state index in [2.05, 4.69) is 0 Å². The zero-order chi connectivity index (χ0) is 12.9. The molecule has 4 heteroatoms. The van der Waals surface area contributed by atoms with Gasteiger partial charge in [-0.05, 0) is 39.0 Å². The van der Waals surface area contributed by atoms with Crippen molar-refractivity contribution in [2.24, 2.45) is 0 Å². The highest BCUT2D eigenvalue weighted by atomic mass is 19.1. The highest BCUT2D eigenvalue weighted by Crippen LogP contribution is 2.18. The minimum absolute atomic E-state index is 0.140. The van der Waals surface area contributed by atoms with Gasteiger partial charge in [-0.1, -0.05) is 0 Å². The molecule has 0 heterocycles. The van der Waals surface area contributed by atoms with Crippen LogP contribution in [0.3, 0.4) is 0 Å². The fourth-order valence-electron chi connectivity index (χ4n) is 1.19. The summed E-state index contributed by atoms with van der Waals surface area (Å²) >= 11 is 0. The molecule has 3 nitrogen and oxygen atoms in total. The molecule has 0 saturated heterocycles. The fourth-order valence-corrected chi connectivity index (χ4v) is 1.19. The molecule has 0 fully saturated rings. The minimum atomic E-state index is -0.528. The Hall–Kier alpha value is -1.60. The van der Waals surface area contributed by atoms with E-state index in [1.165, 1.54) is 12.1 Å². The molecule has 1 rings (SSSR count). The summed E-state index contributed by atoms with van der Waals surface area (Å²) in [6.45, 7) is 6.49. The van der Waals surface area contributed by atoms with Crippen molar-refractivity contribution in [3.05, 3.63) is 29.6 Å². The van der Waals surface area contributed by atoms with E-state index in [0.717, 1.165) is 6.07 Å². The molecule has 0 spiro atoms. The zero-order valence-corrected chi connectivity index (χ0v) is 10.3. The Morgan fingerprint density at radius 3 is 2.53 bits per heavy atom. The van der Waals surface area contributed by atoms with Gasteiger partial charge in [-0.2, -0.15) is 5.26 Å².